The molecule has 0 spiro atoms. The molecular formula is C16H25F2N5O. The third kappa shape index (κ3) is 4.30. The van der Waals surface area contributed by atoms with Crippen molar-refractivity contribution in [3.63, 3.8) is 0 Å². The number of halogens is 2. The number of piperidine rings is 1. The average molecular weight is 341 g/mol. The summed E-state index contributed by atoms with van der Waals surface area (Å²) in [4.78, 5) is 14.8. The van der Waals surface area contributed by atoms with Crippen molar-refractivity contribution in [3.05, 3.63) is 12.4 Å². The van der Waals surface area contributed by atoms with E-state index >= 15 is 0 Å². The summed E-state index contributed by atoms with van der Waals surface area (Å²) in [5.74, 6) is 2.03. The second kappa shape index (κ2) is 8.02. The van der Waals surface area contributed by atoms with Crippen LogP contribution < -0.4 is 9.80 Å². The van der Waals surface area contributed by atoms with Crippen molar-refractivity contribution in [2.45, 2.75) is 19.3 Å². The van der Waals surface area contributed by atoms with E-state index in [9.17, 15) is 13.9 Å². The van der Waals surface area contributed by atoms with Crippen LogP contribution in [-0.4, -0.2) is 78.8 Å². The molecule has 1 aromatic rings. The predicted octanol–water partition coefficient (Wildman–Crippen LogP) is 1.07. The second-order valence-corrected chi connectivity index (χ2v) is 6.55. The second-order valence-electron chi connectivity index (χ2n) is 6.55. The lowest BCUT2D eigenvalue weighted by Crippen LogP contribution is -2.48. The van der Waals surface area contributed by atoms with E-state index in [1.165, 1.54) is 0 Å². The molecule has 2 saturated heterocycles. The van der Waals surface area contributed by atoms with Gasteiger partial charge in [0.2, 0.25) is 0 Å². The van der Waals surface area contributed by atoms with Crippen LogP contribution in [0.3, 0.4) is 0 Å². The Labute approximate surface area is 141 Å². The smallest absolute Gasteiger partial charge is 0.251 e. The molecule has 1 aromatic heterocycles. The van der Waals surface area contributed by atoms with Gasteiger partial charge in [0.05, 0.1) is 6.54 Å². The molecule has 1 N–H and O–H groups in total. The molecule has 0 aromatic carbocycles. The van der Waals surface area contributed by atoms with E-state index in [0.29, 0.717) is 32.1 Å². The number of hydrogen-bond acceptors (Lipinski definition) is 6. The van der Waals surface area contributed by atoms with Crippen molar-refractivity contribution >= 4 is 11.6 Å². The quantitative estimate of drug-likeness (QED) is 0.865. The van der Waals surface area contributed by atoms with Gasteiger partial charge in [0.15, 0.2) is 0 Å². The largest absolute Gasteiger partial charge is 0.396 e. The molecule has 0 amide bonds. The first-order valence-electron chi connectivity index (χ1n) is 8.59. The van der Waals surface area contributed by atoms with Gasteiger partial charge in [-0.25, -0.2) is 18.7 Å². The fourth-order valence-corrected chi connectivity index (χ4v) is 3.46. The highest BCUT2D eigenvalue weighted by atomic mass is 19.3. The first kappa shape index (κ1) is 17.3. The van der Waals surface area contributed by atoms with E-state index in [1.807, 2.05) is 6.07 Å². The minimum Gasteiger partial charge on any atom is -0.396 e. The highest BCUT2D eigenvalue weighted by molar-refractivity contribution is 5.50. The van der Waals surface area contributed by atoms with Gasteiger partial charge in [0.1, 0.15) is 18.0 Å². The summed E-state index contributed by atoms with van der Waals surface area (Å²) in [6.07, 6.45) is 1.40. The zero-order valence-corrected chi connectivity index (χ0v) is 13.8. The summed E-state index contributed by atoms with van der Waals surface area (Å²) in [5.41, 5.74) is 0. The first-order valence-corrected chi connectivity index (χ1v) is 8.59. The van der Waals surface area contributed by atoms with E-state index in [1.54, 1.807) is 11.2 Å². The summed E-state index contributed by atoms with van der Waals surface area (Å²) in [6.45, 7) is 4.45. The Kier molecular flexibility index (Phi) is 5.78. The van der Waals surface area contributed by atoms with Crippen LogP contribution in [0.25, 0.3) is 0 Å². The van der Waals surface area contributed by atoms with Crippen molar-refractivity contribution < 1.29 is 13.9 Å². The number of aliphatic hydroxyl groups excluding tert-OH is 1. The molecule has 8 heteroatoms. The Hall–Kier alpha value is -1.54. The number of anilines is 2. The van der Waals surface area contributed by atoms with Crippen LogP contribution >= 0.6 is 0 Å². The number of nitrogens with zero attached hydrogens (tertiary/aromatic N) is 5. The van der Waals surface area contributed by atoms with E-state index in [4.69, 9.17) is 0 Å². The zero-order valence-electron chi connectivity index (χ0n) is 13.8. The molecule has 3 heterocycles. The molecule has 2 aliphatic heterocycles. The van der Waals surface area contributed by atoms with Crippen molar-refractivity contribution in [3.8, 4) is 0 Å². The fourth-order valence-electron chi connectivity index (χ4n) is 3.46. The van der Waals surface area contributed by atoms with Gasteiger partial charge < -0.3 is 14.9 Å². The molecule has 0 aliphatic carbocycles. The third-order valence-corrected chi connectivity index (χ3v) is 4.83. The third-order valence-electron chi connectivity index (χ3n) is 4.83. The standard InChI is InChI=1S/C16H25F2N5O/c17-14(18)10-21-4-6-22(7-5-21)15-8-16(20-12-19-15)23-3-1-2-13(9-23)11-24/h8,12-14,24H,1-7,9-11H2. The monoisotopic (exact) mass is 341 g/mol. The van der Waals surface area contributed by atoms with Gasteiger partial charge in [-0.2, -0.15) is 0 Å². The lowest BCUT2D eigenvalue weighted by molar-refractivity contribution is 0.0854. The average Bonchev–Trinajstić information content (AvgIpc) is 2.62. The number of aliphatic hydroxyl groups is 1. The molecule has 2 aliphatic rings. The SMILES string of the molecule is OCC1CCCN(c2cc(N3CCN(CC(F)F)CC3)ncn2)C1. The van der Waals surface area contributed by atoms with Crippen molar-refractivity contribution in [1.29, 1.82) is 0 Å². The van der Waals surface area contributed by atoms with E-state index in [-0.39, 0.29) is 13.2 Å². The molecule has 2 fully saturated rings. The number of aromatic nitrogens is 2. The maximum atomic E-state index is 12.5. The van der Waals surface area contributed by atoms with Gasteiger partial charge in [-0.15, -0.1) is 0 Å². The Morgan fingerprint density at radius 1 is 1.08 bits per heavy atom. The summed E-state index contributed by atoms with van der Waals surface area (Å²) < 4.78 is 24.9. The van der Waals surface area contributed by atoms with Crippen LogP contribution in [0.5, 0.6) is 0 Å². The van der Waals surface area contributed by atoms with Crippen molar-refractivity contribution in [2.24, 2.45) is 5.92 Å². The number of piperazine rings is 1. The molecule has 0 bridgehead atoms. The molecule has 6 nitrogen and oxygen atoms in total. The van der Waals surface area contributed by atoms with Gasteiger partial charge >= 0.3 is 0 Å². The summed E-state index contributed by atoms with van der Waals surface area (Å²) in [6, 6.07) is 1.97. The molecule has 134 valence electrons. The Morgan fingerprint density at radius 2 is 1.79 bits per heavy atom. The number of hydrogen-bond donors (Lipinski definition) is 1. The summed E-state index contributed by atoms with van der Waals surface area (Å²) in [7, 11) is 0. The van der Waals surface area contributed by atoms with E-state index in [0.717, 1.165) is 37.6 Å². The van der Waals surface area contributed by atoms with E-state index < -0.39 is 6.43 Å². The highest BCUT2D eigenvalue weighted by Gasteiger charge is 2.23. The lowest BCUT2D eigenvalue weighted by Gasteiger charge is -2.36. The highest BCUT2D eigenvalue weighted by Crippen LogP contribution is 2.24. The first-order chi connectivity index (χ1) is 11.7. The Morgan fingerprint density at radius 3 is 2.46 bits per heavy atom. The lowest BCUT2D eigenvalue weighted by atomic mass is 9.99. The van der Waals surface area contributed by atoms with Crippen molar-refractivity contribution in [2.75, 3.05) is 62.2 Å². The van der Waals surface area contributed by atoms with Crippen LogP contribution in [0, 0.1) is 5.92 Å². The summed E-state index contributed by atoms with van der Waals surface area (Å²) in [5, 5.41) is 9.38. The van der Waals surface area contributed by atoms with Gasteiger partial charge in [-0.05, 0) is 18.8 Å². The minimum absolute atomic E-state index is 0.154. The number of alkyl halides is 2. The van der Waals surface area contributed by atoms with Gasteiger partial charge in [0.25, 0.3) is 6.43 Å². The molecule has 1 unspecified atom stereocenters. The van der Waals surface area contributed by atoms with Crippen LogP contribution in [0.4, 0.5) is 20.4 Å². The van der Waals surface area contributed by atoms with Crippen LogP contribution in [0.15, 0.2) is 12.4 Å². The van der Waals surface area contributed by atoms with Gasteiger partial charge in [-0.3, -0.25) is 4.90 Å². The Balaban J connectivity index is 1.61. The molecular weight excluding hydrogens is 316 g/mol. The molecule has 24 heavy (non-hydrogen) atoms. The normalized spacial score (nSPS) is 23.1. The topological polar surface area (TPSA) is 55.7 Å². The van der Waals surface area contributed by atoms with Gasteiger partial charge in [0, 0.05) is 51.9 Å². The molecule has 0 radical (unpaired) electrons. The Bertz CT molecular complexity index is 525. The van der Waals surface area contributed by atoms with Crippen LogP contribution in [-0.2, 0) is 0 Å². The zero-order chi connectivity index (χ0) is 16.9. The minimum atomic E-state index is -2.28. The maximum absolute atomic E-state index is 12.5. The number of rotatable bonds is 5. The molecule has 0 saturated carbocycles. The molecule has 1 atom stereocenters. The summed E-state index contributed by atoms with van der Waals surface area (Å²) >= 11 is 0. The molecule has 3 rings (SSSR count). The van der Waals surface area contributed by atoms with Crippen molar-refractivity contribution in [1.82, 2.24) is 14.9 Å². The predicted molar refractivity (Wildman–Crippen MR) is 88.7 cm³/mol. The van der Waals surface area contributed by atoms with Crippen LogP contribution in [0.1, 0.15) is 12.8 Å². The van der Waals surface area contributed by atoms with E-state index in [2.05, 4.69) is 19.8 Å². The van der Waals surface area contributed by atoms with Gasteiger partial charge in [-0.1, -0.05) is 0 Å². The maximum Gasteiger partial charge on any atom is 0.251 e. The fraction of sp³-hybridized carbons (Fsp3) is 0.750. The van der Waals surface area contributed by atoms with Crippen LogP contribution in [0.2, 0.25) is 0 Å².